The Balaban J connectivity index is 2.11. The largest absolute Gasteiger partial charge is 0.461 e. The van der Waals surface area contributed by atoms with E-state index in [1.807, 2.05) is 13.0 Å². The minimum Gasteiger partial charge on any atom is -0.461 e. The van der Waals surface area contributed by atoms with Crippen LogP contribution in [-0.2, 0) is 6.42 Å². The lowest BCUT2D eigenvalue weighted by molar-refractivity contribution is 0.329. The molecule has 2 rings (SSSR count). The Morgan fingerprint density at radius 2 is 2.16 bits per heavy atom. The predicted octanol–water partition coefficient (Wildman–Crippen LogP) is 2.81. The molecule has 0 spiro atoms. The summed E-state index contributed by atoms with van der Waals surface area (Å²) in [5, 5.41) is 7.42. The third kappa shape index (κ3) is 3.23. The average molecular weight is 263 g/mol. The molecule has 19 heavy (non-hydrogen) atoms. The molecule has 1 atom stereocenters. The number of nitrogens with zero attached hydrogens (tertiary/aromatic N) is 2. The minimum absolute atomic E-state index is 0.344. The highest BCUT2D eigenvalue weighted by atomic mass is 16.5. The van der Waals surface area contributed by atoms with Gasteiger partial charge >= 0.3 is 0 Å². The van der Waals surface area contributed by atoms with Crippen molar-refractivity contribution in [1.29, 1.82) is 0 Å². The standard InChI is InChI=1S/C14H21N3O2/c1-5-15-11(9(2)3)8-12-16-14(17-19-12)13-10(4)6-7-18-13/h6-7,9,11,15H,5,8H2,1-4H3. The van der Waals surface area contributed by atoms with Crippen LogP contribution in [0.2, 0.25) is 0 Å². The van der Waals surface area contributed by atoms with Crippen molar-refractivity contribution in [1.82, 2.24) is 15.5 Å². The van der Waals surface area contributed by atoms with Crippen LogP contribution < -0.4 is 5.32 Å². The van der Waals surface area contributed by atoms with E-state index in [1.54, 1.807) is 6.26 Å². The van der Waals surface area contributed by atoms with Gasteiger partial charge in [-0.1, -0.05) is 25.9 Å². The smallest absolute Gasteiger partial charge is 0.238 e. The molecule has 104 valence electrons. The fourth-order valence-electron chi connectivity index (χ4n) is 2.03. The van der Waals surface area contributed by atoms with E-state index in [4.69, 9.17) is 8.94 Å². The molecule has 0 fully saturated rings. The molecule has 1 unspecified atom stereocenters. The normalized spacial score (nSPS) is 13.1. The summed E-state index contributed by atoms with van der Waals surface area (Å²) in [7, 11) is 0. The first-order chi connectivity index (χ1) is 9.11. The zero-order valence-corrected chi connectivity index (χ0v) is 11.9. The van der Waals surface area contributed by atoms with Gasteiger partial charge in [-0.3, -0.25) is 0 Å². The van der Waals surface area contributed by atoms with Crippen molar-refractivity contribution in [3.63, 3.8) is 0 Å². The Morgan fingerprint density at radius 1 is 1.37 bits per heavy atom. The van der Waals surface area contributed by atoms with Crippen molar-refractivity contribution < 1.29 is 8.94 Å². The van der Waals surface area contributed by atoms with E-state index in [-0.39, 0.29) is 0 Å². The number of hydrogen-bond donors (Lipinski definition) is 1. The van der Waals surface area contributed by atoms with Crippen LogP contribution in [0.25, 0.3) is 11.6 Å². The molecule has 2 aromatic rings. The summed E-state index contributed by atoms with van der Waals surface area (Å²) in [6.07, 6.45) is 2.37. The minimum atomic E-state index is 0.344. The number of nitrogens with one attached hydrogen (secondary N) is 1. The maximum Gasteiger partial charge on any atom is 0.238 e. The Kier molecular flexibility index (Phi) is 4.37. The number of aromatic nitrogens is 2. The van der Waals surface area contributed by atoms with Crippen molar-refractivity contribution >= 4 is 0 Å². The first-order valence-electron chi connectivity index (χ1n) is 6.72. The SMILES string of the molecule is CCNC(Cc1nc(-c2occc2C)no1)C(C)C. The van der Waals surface area contributed by atoms with Crippen LogP contribution in [0.15, 0.2) is 21.3 Å². The van der Waals surface area contributed by atoms with Gasteiger partial charge in [0.1, 0.15) is 0 Å². The molecule has 0 aromatic carbocycles. The van der Waals surface area contributed by atoms with E-state index >= 15 is 0 Å². The van der Waals surface area contributed by atoms with E-state index < -0.39 is 0 Å². The van der Waals surface area contributed by atoms with Crippen LogP contribution >= 0.6 is 0 Å². The molecule has 0 saturated carbocycles. The van der Waals surface area contributed by atoms with Crippen LogP contribution in [0.3, 0.4) is 0 Å². The van der Waals surface area contributed by atoms with Gasteiger partial charge in [0.2, 0.25) is 11.7 Å². The highest BCUT2D eigenvalue weighted by Crippen LogP contribution is 2.21. The summed E-state index contributed by atoms with van der Waals surface area (Å²) in [6, 6.07) is 2.23. The first kappa shape index (κ1) is 13.8. The van der Waals surface area contributed by atoms with Crippen LogP contribution in [0, 0.1) is 12.8 Å². The fraction of sp³-hybridized carbons (Fsp3) is 0.571. The zero-order valence-electron chi connectivity index (χ0n) is 11.9. The van der Waals surface area contributed by atoms with Crippen molar-refractivity contribution in [2.45, 2.75) is 40.2 Å². The van der Waals surface area contributed by atoms with Gasteiger partial charge in [0.15, 0.2) is 5.76 Å². The second-order valence-corrected chi connectivity index (χ2v) is 5.06. The summed E-state index contributed by atoms with van der Waals surface area (Å²) >= 11 is 0. The Hall–Kier alpha value is -1.62. The summed E-state index contributed by atoms with van der Waals surface area (Å²) in [5.74, 6) is 2.36. The summed E-state index contributed by atoms with van der Waals surface area (Å²) < 4.78 is 10.7. The molecule has 5 nitrogen and oxygen atoms in total. The van der Waals surface area contributed by atoms with Gasteiger partial charge in [0.25, 0.3) is 0 Å². The second-order valence-electron chi connectivity index (χ2n) is 5.06. The molecule has 2 aromatic heterocycles. The molecule has 0 radical (unpaired) electrons. The van der Waals surface area contributed by atoms with E-state index in [9.17, 15) is 0 Å². The number of hydrogen-bond acceptors (Lipinski definition) is 5. The molecule has 1 N–H and O–H groups in total. The first-order valence-corrected chi connectivity index (χ1v) is 6.72. The van der Waals surface area contributed by atoms with E-state index in [0.29, 0.717) is 29.4 Å². The summed E-state index contributed by atoms with van der Waals surface area (Å²) in [4.78, 5) is 4.41. The fourth-order valence-corrected chi connectivity index (χ4v) is 2.03. The van der Waals surface area contributed by atoms with Gasteiger partial charge in [0.05, 0.1) is 6.26 Å². The number of furan rings is 1. The highest BCUT2D eigenvalue weighted by molar-refractivity contribution is 5.50. The highest BCUT2D eigenvalue weighted by Gasteiger charge is 2.19. The van der Waals surface area contributed by atoms with E-state index in [1.165, 1.54) is 0 Å². The second kappa shape index (κ2) is 6.02. The molecule has 0 aliphatic heterocycles. The molecule has 0 bridgehead atoms. The van der Waals surface area contributed by atoms with Gasteiger partial charge in [-0.15, -0.1) is 0 Å². The topological polar surface area (TPSA) is 64.1 Å². The van der Waals surface area contributed by atoms with Crippen LogP contribution in [0.1, 0.15) is 32.2 Å². The molecule has 0 amide bonds. The molecule has 0 aliphatic carbocycles. The predicted molar refractivity (Wildman–Crippen MR) is 72.7 cm³/mol. The summed E-state index contributed by atoms with van der Waals surface area (Å²) in [5.41, 5.74) is 1.01. The molecule has 0 aliphatic rings. The van der Waals surface area contributed by atoms with Gasteiger partial charge in [-0.25, -0.2) is 0 Å². The number of aryl methyl sites for hydroxylation is 1. The molecular formula is C14H21N3O2. The van der Waals surface area contributed by atoms with Gasteiger partial charge in [-0.2, -0.15) is 4.98 Å². The lowest BCUT2D eigenvalue weighted by Gasteiger charge is -2.19. The van der Waals surface area contributed by atoms with Crippen molar-refractivity contribution in [3.05, 3.63) is 23.8 Å². The van der Waals surface area contributed by atoms with Crippen LogP contribution in [0.5, 0.6) is 0 Å². The van der Waals surface area contributed by atoms with Gasteiger partial charge in [-0.05, 0) is 31.0 Å². The Morgan fingerprint density at radius 3 is 2.74 bits per heavy atom. The lowest BCUT2D eigenvalue weighted by atomic mass is 10.0. The van der Waals surface area contributed by atoms with Crippen LogP contribution in [-0.4, -0.2) is 22.7 Å². The molecule has 0 saturated heterocycles. The maximum absolute atomic E-state index is 5.36. The van der Waals surface area contributed by atoms with Gasteiger partial charge < -0.3 is 14.3 Å². The monoisotopic (exact) mass is 263 g/mol. The van der Waals surface area contributed by atoms with Crippen LogP contribution in [0.4, 0.5) is 0 Å². The van der Waals surface area contributed by atoms with E-state index in [0.717, 1.165) is 18.5 Å². The van der Waals surface area contributed by atoms with Crippen molar-refractivity contribution in [2.24, 2.45) is 5.92 Å². The molecule has 5 heteroatoms. The van der Waals surface area contributed by atoms with Crippen molar-refractivity contribution in [3.8, 4) is 11.6 Å². The van der Waals surface area contributed by atoms with Crippen molar-refractivity contribution in [2.75, 3.05) is 6.54 Å². The molecular weight excluding hydrogens is 242 g/mol. The van der Waals surface area contributed by atoms with E-state index in [2.05, 4.69) is 36.2 Å². The third-order valence-corrected chi connectivity index (χ3v) is 3.20. The lowest BCUT2D eigenvalue weighted by Crippen LogP contribution is -2.35. The molecule has 2 heterocycles. The Labute approximate surface area is 113 Å². The summed E-state index contributed by atoms with van der Waals surface area (Å²) in [6.45, 7) is 9.36. The zero-order chi connectivity index (χ0) is 13.8. The van der Waals surface area contributed by atoms with Gasteiger partial charge in [0, 0.05) is 12.5 Å². The average Bonchev–Trinajstić information content (AvgIpc) is 2.97. The quantitative estimate of drug-likeness (QED) is 0.868. The number of rotatable bonds is 6. The number of likely N-dealkylation sites (N-methyl/N-ethyl adjacent to an activating group) is 1. The maximum atomic E-state index is 5.36. The Bertz CT molecular complexity index is 516. The third-order valence-electron chi connectivity index (χ3n) is 3.20.